The standard InChI is InChI=1S/C18H24N2O4/c1-11-5-6-12(8-15(11)16(21)22)19-9-14-7-13(19)10-20(14)17(23)24-18(2,3)4/h5-6,8,13-14H,7,9-10H2,1-4H3,(H,21,22). The molecule has 6 nitrogen and oxygen atoms in total. The van der Waals surface area contributed by atoms with E-state index in [0.29, 0.717) is 18.7 Å². The molecule has 24 heavy (non-hydrogen) atoms. The van der Waals surface area contributed by atoms with Gasteiger partial charge in [0.15, 0.2) is 0 Å². The number of nitrogens with zero attached hydrogens (tertiary/aromatic N) is 2. The number of benzene rings is 1. The fraction of sp³-hybridized carbons (Fsp3) is 0.556. The SMILES string of the molecule is Cc1ccc(N2CC3CC2CN3C(=O)OC(C)(C)C)cc1C(=O)O. The summed E-state index contributed by atoms with van der Waals surface area (Å²) in [5.74, 6) is -0.908. The van der Waals surface area contributed by atoms with Gasteiger partial charge < -0.3 is 19.6 Å². The molecule has 2 bridgehead atoms. The van der Waals surface area contributed by atoms with Crippen LogP contribution in [0.5, 0.6) is 0 Å². The van der Waals surface area contributed by atoms with Crippen molar-refractivity contribution in [1.29, 1.82) is 0 Å². The molecule has 2 heterocycles. The minimum absolute atomic E-state index is 0.124. The van der Waals surface area contributed by atoms with Crippen molar-refractivity contribution in [2.24, 2.45) is 0 Å². The Morgan fingerprint density at radius 2 is 1.92 bits per heavy atom. The molecular formula is C18H24N2O4. The van der Waals surface area contributed by atoms with E-state index in [1.54, 1.807) is 17.9 Å². The van der Waals surface area contributed by atoms with E-state index in [1.165, 1.54) is 0 Å². The van der Waals surface area contributed by atoms with E-state index in [4.69, 9.17) is 4.74 Å². The number of carboxylic acid groups (broad SMARTS) is 1. The van der Waals surface area contributed by atoms with Gasteiger partial charge >= 0.3 is 12.1 Å². The first kappa shape index (κ1) is 16.6. The van der Waals surface area contributed by atoms with E-state index in [2.05, 4.69) is 4.90 Å². The van der Waals surface area contributed by atoms with Gasteiger partial charge in [-0.1, -0.05) is 6.07 Å². The number of aryl methyl sites for hydroxylation is 1. The average molecular weight is 332 g/mol. The molecule has 1 aromatic rings. The number of anilines is 1. The third kappa shape index (κ3) is 3.05. The molecule has 2 unspecified atom stereocenters. The summed E-state index contributed by atoms with van der Waals surface area (Å²) in [6.07, 6.45) is 0.639. The molecule has 3 rings (SSSR count). The largest absolute Gasteiger partial charge is 0.478 e. The van der Waals surface area contributed by atoms with Gasteiger partial charge in [-0.3, -0.25) is 0 Å². The first-order chi connectivity index (χ1) is 11.2. The number of carboxylic acids is 1. The molecule has 0 spiro atoms. The van der Waals surface area contributed by atoms with Crippen molar-refractivity contribution in [3.8, 4) is 0 Å². The van der Waals surface area contributed by atoms with Crippen LogP contribution in [-0.4, -0.2) is 52.8 Å². The van der Waals surface area contributed by atoms with Crippen molar-refractivity contribution in [3.05, 3.63) is 29.3 Å². The predicted octanol–water partition coefficient (Wildman–Crippen LogP) is 2.89. The number of hydrogen-bond donors (Lipinski definition) is 1. The Morgan fingerprint density at radius 3 is 2.46 bits per heavy atom. The molecule has 130 valence electrons. The Bertz CT molecular complexity index is 680. The molecule has 2 saturated heterocycles. The Hall–Kier alpha value is -2.24. The number of carbonyl (C=O) groups is 2. The second kappa shape index (κ2) is 5.69. The zero-order valence-electron chi connectivity index (χ0n) is 14.6. The van der Waals surface area contributed by atoms with Gasteiger partial charge in [0.2, 0.25) is 0 Å². The van der Waals surface area contributed by atoms with Crippen LogP contribution < -0.4 is 4.90 Å². The number of rotatable bonds is 2. The number of ether oxygens (including phenoxy) is 1. The Morgan fingerprint density at radius 1 is 1.21 bits per heavy atom. The topological polar surface area (TPSA) is 70.1 Å². The lowest BCUT2D eigenvalue weighted by molar-refractivity contribution is 0.0214. The molecule has 2 fully saturated rings. The van der Waals surface area contributed by atoms with Crippen LogP contribution in [0.15, 0.2) is 18.2 Å². The minimum Gasteiger partial charge on any atom is -0.478 e. The number of hydrogen-bond acceptors (Lipinski definition) is 4. The fourth-order valence-corrected chi connectivity index (χ4v) is 3.55. The molecule has 1 N–H and O–H groups in total. The summed E-state index contributed by atoms with van der Waals surface area (Å²) < 4.78 is 5.47. The lowest BCUT2D eigenvalue weighted by Crippen LogP contribution is -2.50. The molecule has 0 aromatic heterocycles. The van der Waals surface area contributed by atoms with Gasteiger partial charge in [-0.15, -0.1) is 0 Å². The highest BCUT2D eigenvalue weighted by Crippen LogP contribution is 2.36. The number of amides is 1. The Kier molecular flexibility index (Phi) is 3.94. The summed E-state index contributed by atoms with van der Waals surface area (Å²) in [5.41, 5.74) is 1.51. The van der Waals surface area contributed by atoms with Crippen LogP contribution in [0.25, 0.3) is 0 Å². The molecule has 6 heteroatoms. The first-order valence-electron chi connectivity index (χ1n) is 8.26. The van der Waals surface area contributed by atoms with Crippen molar-refractivity contribution in [2.75, 3.05) is 18.0 Å². The lowest BCUT2D eigenvalue weighted by atomic mass is 10.1. The maximum atomic E-state index is 12.3. The Labute approximate surface area is 142 Å². The van der Waals surface area contributed by atoms with E-state index < -0.39 is 11.6 Å². The zero-order valence-corrected chi connectivity index (χ0v) is 14.6. The van der Waals surface area contributed by atoms with Crippen LogP contribution in [0.1, 0.15) is 43.1 Å². The van der Waals surface area contributed by atoms with Gasteiger partial charge in [0.25, 0.3) is 0 Å². The Balaban J connectivity index is 1.73. The number of fused-ring (bicyclic) bond motifs is 2. The van der Waals surface area contributed by atoms with E-state index in [1.807, 2.05) is 32.9 Å². The van der Waals surface area contributed by atoms with Crippen LogP contribution >= 0.6 is 0 Å². The highest BCUT2D eigenvalue weighted by Gasteiger charge is 2.46. The second-order valence-electron chi connectivity index (χ2n) is 7.63. The van der Waals surface area contributed by atoms with Gasteiger partial charge in [-0.2, -0.15) is 0 Å². The lowest BCUT2D eigenvalue weighted by Gasteiger charge is -2.36. The molecule has 0 saturated carbocycles. The first-order valence-corrected chi connectivity index (χ1v) is 8.26. The maximum Gasteiger partial charge on any atom is 0.410 e. The van der Waals surface area contributed by atoms with Crippen molar-refractivity contribution < 1.29 is 19.4 Å². The summed E-state index contributed by atoms with van der Waals surface area (Å²) in [6, 6.07) is 5.87. The minimum atomic E-state index is -0.908. The smallest absolute Gasteiger partial charge is 0.410 e. The molecule has 1 amide bonds. The van der Waals surface area contributed by atoms with E-state index >= 15 is 0 Å². The molecule has 2 atom stereocenters. The summed E-state index contributed by atoms with van der Waals surface area (Å²) in [6.45, 7) is 8.73. The van der Waals surface area contributed by atoms with Gasteiger partial charge in [-0.25, -0.2) is 9.59 Å². The highest BCUT2D eigenvalue weighted by atomic mass is 16.6. The third-order valence-corrected chi connectivity index (χ3v) is 4.65. The third-order valence-electron chi connectivity index (χ3n) is 4.65. The molecule has 2 aliphatic rings. The van der Waals surface area contributed by atoms with Crippen molar-refractivity contribution in [3.63, 3.8) is 0 Å². The quantitative estimate of drug-likeness (QED) is 0.902. The molecular weight excluding hydrogens is 308 g/mol. The molecule has 2 aliphatic heterocycles. The van der Waals surface area contributed by atoms with Crippen molar-refractivity contribution in [2.45, 2.75) is 51.8 Å². The maximum absolute atomic E-state index is 12.3. The number of likely N-dealkylation sites (tertiary alicyclic amines) is 1. The number of piperazine rings is 1. The highest BCUT2D eigenvalue weighted by molar-refractivity contribution is 5.90. The number of carbonyl (C=O) groups excluding carboxylic acids is 1. The van der Waals surface area contributed by atoms with Crippen LogP contribution in [0, 0.1) is 6.92 Å². The van der Waals surface area contributed by atoms with Crippen molar-refractivity contribution in [1.82, 2.24) is 4.90 Å². The van der Waals surface area contributed by atoms with E-state index in [0.717, 1.165) is 17.7 Å². The summed E-state index contributed by atoms with van der Waals surface area (Å²) >= 11 is 0. The van der Waals surface area contributed by atoms with Crippen LogP contribution in [0.3, 0.4) is 0 Å². The average Bonchev–Trinajstić information content (AvgIpc) is 3.05. The molecule has 0 radical (unpaired) electrons. The normalized spacial score (nSPS) is 22.8. The van der Waals surface area contributed by atoms with Crippen LogP contribution in [-0.2, 0) is 4.74 Å². The monoisotopic (exact) mass is 332 g/mol. The van der Waals surface area contributed by atoms with Gasteiger partial charge in [-0.05, 0) is 51.8 Å². The molecule has 0 aliphatic carbocycles. The summed E-state index contributed by atoms with van der Waals surface area (Å²) in [5, 5.41) is 9.30. The molecule has 1 aromatic carbocycles. The van der Waals surface area contributed by atoms with Crippen molar-refractivity contribution >= 4 is 17.7 Å². The van der Waals surface area contributed by atoms with E-state index in [-0.39, 0.29) is 18.2 Å². The van der Waals surface area contributed by atoms with Crippen LogP contribution in [0.2, 0.25) is 0 Å². The predicted molar refractivity (Wildman–Crippen MR) is 90.6 cm³/mol. The van der Waals surface area contributed by atoms with Gasteiger partial charge in [0.05, 0.1) is 11.6 Å². The van der Waals surface area contributed by atoms with Gasteiger partial charge in [0.1, 0.15) is 5.60 Å². The summed E-state index contributed by atoms with van der Waals surface area (Å²) in [7, 11) is 0. The van der Waals surface area contributed by atoms with E-state index in [9.17, 15) is 14.7 Å². The zero-order chi connectivity index (χ0) is 17.6. The fourth-order valence-electron chi connectivity index (χ4n) is 3.55. The second-order valence-corrected chi connectivity index (χ2v) is 7.63. The summed E-state index contributed by atoms with van der Waals surface area (Å²) in [4.78, 5) is 27.6. The van der Waals surface area contributed by atoms with Gasteiger partial charge in [0, 0.05) is 24.8 Å². The number of aromatic carboxylic acids is 1. The van der Waals surface area contributed by atoms with Crippen LogP contribution in [0.4, 0.5) is 10.5 Å².